The summed E-state index contributed by atoms with van der Waals surface area (Å²) in [6.45, 7) is 2.72. The van der Waals surface area contributed by atoms with Crippen molar-refractivity contribution in [2.75, 3.05) is 5.73 Å². The maximum absolute atomic E-state index is 5.71. The van der Waals surface area contributed by atoms with Crippen molar-refractivity contribution in [3.8, 4) is 0 Å². The second kappa shape index (κ2) is 4.13. The van der Waals surface area contributed by atoms with Crippen LogP contribution in [0.4, 0.5) is 5.69 Å². The van der Waals surface area contributed by atoms with Crippen molar-refractivity contribution >= 4 is 5.69 Å². The lowest BCUT2D eigenvalue weighted by Gasteiger charge is -2.00. The molecule has 0 fully saturated rings. The van der Waals surface area contributed by atoms with E-state index in [4.69, 9.17) is 5.73 Å². The van der Waals surface area contributed by atoms with Gasteiger partial charge in [0.05, 0.1) is 11.4 Å². The van der Waals surface area contributed by atoms with Gasteiger partial charge in [-0.25, -0.2) is 0 Å². The summed E-state index contributed by atoms with van der Waals surface area (Å²) in [5.41, 5.74) is 8.42. The van der Waals surface area contributed by atoms with Crippen molar-refractivity contribution in [3.63, 3.8) is 0 Å². The molecule has 2 aromatic rings. The highest BCUT2D eigenvalue weighted by atomic mass is 15.3. The van der Waals surface area contributed by atoms with Gasteiger partial charge in [0.25, 0.3) is 0 Å². The number of anilines is 1. The van der Waals surface area contributed by atoms with E-state index in [1.807, 2.05) is 36.0 Å². The fourth-order valence-corrected chi connectivity index (χ4v) is 1.42. The molecule has 4 nitrogen and oxygen atoms in total. The smallest absolute Gasteiger partial charge is 0.0822 e. The molecule has 0 unspecified atom stereocenters. The third-order valence-electron chi connectivity index (χ3n) is 2.31. The summed E-state index contributed by atoms with van der Waals surface area (Å²) in [5.74, 6) is 0. The number of rotatable bonds is 3. The van der Waals surface area contributed by atoms with E-state index in [2.05, 4.69) is 10.1 Å². The Morgan fingerprint density at radius 2 is 2.27 bits per heavy atom. The highest BCUT2D eigenvalue weighted by Gasteiger charge is 2.00. The fourth-order valence-electron chi connectivity index (χ4n) is 1.42. The molecule has 0 amide bonds. The number of aromatic nitrogens is 3. The number of nitrogens with two attached hydrogens (primary N) is 1. The Morgan fingerprint density at radius 3 is 2.87 bits per heavy atom. The van der Waals surface area contributed by atoms with Crippen LogP contribution < -0.4 is 5.73 Å². The first-order chi connectivity index (χ1) is 7.25. The minimum atomic E-state index is 0.746. The van der Waals surface area contributed by atoms with E-state index in [0.717, 1.165) is 30.0 Å². The molecule has 2 heterocycles. The number of pyridine rings is 1. The number of hydrogen-bond donors (Lipinski definition) is 1. The molecule has 2 N–H and O–H groups in total. The lowest BCUT2D eigenvalue weighted by Crippen LogP contribution is -2.03. The maximum Gasteiger partial charge on any atom is 0.0822 e. The lowest BCUT2D eigenvalue weighted by molar-refractivity contribution is 0.604. The summed E-state index contributed by atoms with van der Waals surface area (Å²) in [7, 11) is 0. The molecule has 0 bridgehead atoms. The number of hydrogen-bond acceptors (Lipinski definition) is 3. The Labute approximate surface area is 88.8 Å². The number of nitrogen functional groups attached to an aromatic ring is 1. The van der Waals surface area contributed by atoms with Crippen molar-refractivity contribution in [1.82, 2.24) is 14.8 Å². The predicted octanol–water partition coefficient (Wildman–Crippen LogP) is 1.41. The summed E-state index contributed by atoms with van der Waals surface area (Å²) in [6, 6.07) is 5.92. The van der Waals surface area contributed by atoms with Gasteiger partial charge in [-0.15, -0.1) is 0 Å². The molecule has 0 spiro atoms. The SMILES string of the molecule is Cc1nn(CCc2ccccn2)cc1N. The molecule has 4 heteroatoms. The summed E-state index contributed by atoms with van der Waals surface area (Å²) in [6.07, 6.45) is 4.54. The molecule has 0 atom stereocenters. The molecule has 0 aliphatic carbocycles. The van der Waals surface area contributed by atoms with Gasteiger partial charge in [0.1, 0.15) is 0 Å². The topological polar surface area (TPSA) is 56.7 Å². The Kier molecular flexibility index (Phi) is 2.67. The Balaban J connectivity index is 1.99. The normalized spacial score (nSPS) is 10.5. The summed E-state index contributed by atoms with van der Waals surface area (Å²) >= 11 is 0. The van der Waals surface area contributed by atoms with Crippen molar-refractivity contribution in [3.05, 3.63) is 42.0 Å². The molecule has 2 aromatic heterocycles. The van der Waals surface area contributed by atoms with Gasteiger partial charge in [-0.1, -0.05) is 6.07 Å². The molecule has 0 radical (unpaired) electrons. The molecule has 2 rings (SSSR count). The Bertz CT molecular complexity index is 414. The summed E-state index contributed by atoms with van der Waals surface area (Å²) in [5, 5.41) is 4.29. The number of aryl methyl sites for hydroxylation is 3. The van der Waals surface area contributed by atoms with Gasteiger partial charge in [0.15, 0.2) is 0 Å². The average Bonchev–Trinajstić information content (AvgIpc) is 2.57. The molecule has 0 saturated carbocycles. The quantitative estimate of drug-likeness (QED) is 0.818. The van der Waals surface area contributed by atoms with E-state index in [9.17, 15) is 0 Å². The van der Waals surface area contributed by atoms with Gasteiger partial charge in [-0.05, 0) is 19.1 Å². The van der Waals surface area contributed by atoms with Gasteiger partial charge < -0.3 is 5.73 Å². The van der Waals surface area contributed by atoms with Crippen LogP contribution in [0, 0.1) is 6.92 Å². The van der Waals surface area contributed by atoms with E-state index in [1.165, 1.54) is 0 Å². The zero-order chi connectivity index (χ0) is 10.7. The van der Waals surface area contributed by atoms with Gasteiger partial charge in [0.2, 0.25) is 0 Å². The standard InChI is InChI=1S/C11H14N4/c1-9-11(12)8-15(14-9)7-5-10-4-2-3-6-13-10/h2-4,6,8H,5,7,12H2,1H3. The van der Waals surface area contributed by atoms with Crippen LogP contribution in [0.5, 0.6) is 0 Å². The first-order valence-electron chi connectivity index (χ1n) is 4.95. The highest BCUT2D eigenvalue weighted by Crippen LogP contribution is 2.07. The van der Waals surface area contributed by atoms with Gasteiger partial charge >= 0.3 is 0 Å². The van der Waals surface area contributed by atoms with Crippen molar-refractivity contribution in [1.29, 1.82) is 0 Å². The minimum Gasteiger partial charge on any atom is -0.396 e. The van der Waals surface area contributed by atoms with Crippen molar-refractivity contribution in [2.24, 2.45) is 0 Å². The second-order valence-electron chi connectivity index (χ2n) is 3.50. The monoisotopic (exact) mass is 202 g/mol. The van der Waals surface area contributed by atoms with E-state index >= 15 is 0 Å². The van der Waals surface area contributed by atoms with Crippen LogP contribution in [-0.2, 0) is 13.0 Å². The van der Waals surface area contributed by atoms with Gasteiger partial charge in [0, 0.05) is 31.1 Å². The van der Waals surface area contributed by atoms with Crippen LogP contribution in [0.25, 0.3) is 0 Å². The third kappa shape index (κ3) is 2.34. The van der Waals surface area contributed by atoms with E-state index in [1.54, 1.807) is 6.20 Å². The molecule has 0 aliphatic heterocycles. The first kappa shape index (κ1) is 9.71. The summed E-state index contributed by atoms with van der Waals surface area (Å²) < 4.78 is 1.86. The lowest BCUT2D eigenvalue weighted by atomic mass is 10.3. The Morgan fingerprint density at radius 1 is 1.40 bits per heavy atom. The molecular weight excluding hydrogens is 188 g/mol. The largest absolute Gasteiger partial charge is 0.396 e. The predicted molar refractivity (Wildman–Crippen MR) is 59.3 cm³/mol. The molecule has 78 valence electrons. The zero-order valence-electron chi connectivity index (χ0n) is 8.72. The third-order valence-corrected chi connectivity index (χ3v) is 2.31. The van der Waals surface area contributed by atoms with E-state index in [0.29, 0.717) is 0 Å². The molecular formula is C11H14N4. The van der Waals surface area contributed by atoms with Crippen LogP contribution in [0.15, 0.2) is 30.6 Å². The molecule has 0 aromatic carbocycles. The Hall–Kier alpha value is -1.84. The van der Waals surface area contributed by atoms with Crippen molar-refractivity contribution < 1.29 is 0 Å². The van der Waals surface area contributed by atoms with Gasteiger partial charge in [-0.3, -0.25) is 9.67 Å². The average molecular weight is 202 g/mol. The van der Waals surface area contributed by atoms with Crippen LogP contribution in [0.3, 0.4) is 0 Å². The fraction of sp³-hybridized carbons (Fsp3) is 0.273. The molecule has 0 aliphatic rings. The van der Waals surface area contributed by atoms with Crippen LogP contribution >= 0.6 is 0 Å². The zero-order valence-corrected chi connectivity index (χ0v) is 8.72. The highest BCUT2D eigenvalue weighted by molar-refractivity contribution is 5.39. The van der Waals surface area contributed by atoms with E-state index < -0.39 is 0 Å². The molecule has 0 saturated heterocycles. The van der Waals surface area contributed by atoms with Crippen LogP contribution in [0.2, 0.25) is 0 Å². The number of nitrogens with zero attached hydrogens (tertiary/aromatic N) is 3. The van der Waals surface area contributed by atoms with Crippen molar-refractivity contribution in [2.45, 2.75) is 19.9 Å². The van der Waals surface area contributed by atoms with E-state index in [-0.39, 0.29) is 0 Å². The maximum atomic E-state index is 5.71. The second-order valence-corrected chi connectivity index (χ2v) is 3.50. The first-order valence-corrected chi connectivity index (χ1v) is 4.95. The van der Waals surface area contributed by atoms with Gasteiger partial charge in [-0.2, -0.15) is 5.10 Å². The van der Waals surface area contributed by atoms with Crippen LogP contribution in [0.1, 0.15) is 11.4 Å². The van der Waals surface area contributed by atoms with Crippen LogP contribution in [-0.4, -0.2) is 14.8 Å². The summed E-state index contributed by atoms with van der Waals surface area (Å²) in [4.78, 5) is 4.25. The minimum absolute atomic E-state index is 0.746. The molecule has 15 heavy (non-hydrogen) atoms.